The van der Waals surface area contributed by atoms with Crippen molar-refractivity contribution in [2.45, 2.75) is 26.7 Å². The van der Waals surface area contributed by atoms with E-state index in [1.54, 1.807) is 6.08 Å². The van der Waals surface area contributed by atoms with Gasteiger partial charge in [-0.3, -0.25) is 0 Å². The fraction of sp³-hybridized carbons (Fsp3) is 0.667. The highest BCUT2D eigenvalue weighted by atomic mass is 16.5. The molecule has 0 fully saturated rings. The molecule has 0 N–H and O–H groups in total. The number of rotatable bonds is 9. The Labute approximate surface area is 87.6 Å². The summed E-state index contributed by atoms with van der Waals surface area (Å²) in [5, 5.41) is 0. The number of hydrogen-bond acceptors (Lipinski definition) is 2. The summed E-state index contributed by atoms with van der Waals surface area (Å²) in [7, 11) is 0. The highest BCUT2D eigenvalue weighted by molar-refractivity contribution is 4.92. The van der Waals surface area contributed by atoms with E-state index >= 15 is 0 Å². The lowest BCUT2D eigenvalue weighted by Crippen LogP contribution is -1.99. The van der Waals surface area contributed by atoms with Gasteiger partial charge in [0.25, 0.3) is 0 Å². The van der Waals surface area contributed by atoms with Crippen molar-refractivity contribution in [1.29, 1.82) is 0 Å². The summed E-state index contributed by atoms with van der Waals surface area (Å²) < 4.78 is 10.6. The molecule has 0 aromatic heterocycles. The smallest absolute Gasteiger partial charge is 0.0649 e. The molecule has 0 atom stereocenters. The van der Waals surface area contributed by atoms with Crippen LogP contribution in [0.2, 0.25) is 0 Å². The van der Waals surface area contributed by atoms with Crippen LogP contribution >= 0.6 is 0 Å². The van der Waals surface area contributed by atoms with E-state index < -0.39 is 0 Å². The third-order valence-corrected chi connectivity index (χ3v) is 1.67. The van der Waals surface area contributed by atoms with Crippen molar-refractivity contribution in [3.05, 3.63) is 24.3 Å². The van der Waals surface area contributed by atoms with Crippen LogP contribution in [0.1, 0.15) is 26.7 Å². The SMILES string of the molecule is C=CCOCCCCOCC=C(C)C. The molecule has 0 rings (SSSR count). The molecular formula is C12H22O2. The van der Waals surface area contributed by atoms with Gasteiger partial charge in [0.2, 0.25) is 0 Å². The molecule has 0 aliphatic rings. The molecule has 0 radical (unpaired) electrons. The molecule has 0 spiro atoms. The van der Waals surface area contributed by atoms with Gasteiger partial charge in [-0.15, -0.1) is 6.58 Å². The summed E-state index contributed by atoms with van der Waals surface area (Å²) in [6, 6.07) is 0. The van der Waals surface area contributed by atoms with Crippen molar-refractivity contribution < 1.29 is 9.47 Å². The average molecular weight is 198 g/mol. The van der Waals surface area contributed by atoms with Crippen molar-refractivity contribution in [2.24, 2.45) is 0 Å². The summed E-state index contributed by atoms with van der Waals surface area (Å²) in [5.41, 5.74) is 1.30. The summed E-state index contributed by atoms with van der Waals surface area (Å²) >= 11 is 0. The number of allylic oxidation sites excluding steroid dienone is 1. The second-order valence-electron chi connectivity index (χ2n) is 3.43. The molecule has 0 saturated carbocycles. The summed E-state index contributed by atoms with van der Waals surface area (Å²) in [6.07, 6.45) is 5.98. The standard InChI is InChI=1S/C12H22O2/c1-4-8-13-9-5-6-10-14-11-7-12(2)3/h4,7H,1,5-6,8-11H2,2-3H3. The van der Waals surface area contributed by atoms with E-state index in [1.165, 1.54) is 5.57 Å². The highest BCUT2D eigenvalue weighted by Crippen LogP contribution is 1.93. The van der Waals surface area contributed by atoms with Gasteiger partial charge in [-0.1, -0.05) is 17.7 Å². The van der Waals surface area contributed by atoms with Gasteiger partial charge in [-0.2, -0.15) is 0 Å². The maximum Gasteiger partial charge on any atom is 0.0649 e. The number of unbranched alkanes of at least 4 members (excludes halogenated alkanes) is 1. The van der Waals surface area contributed by atoms with Crippen LogP contribution in [0, 0.1) is 0 Å². The molecule has 0 aliphatic carbocycles. The summed E-state index contributed by atoms with van der Waals surface area (Å²) in [5.74, 6) is 0. The quantitative estimate of drug-likeness (QED) is 0.419. The Bertz CT molecular complexity index is 158. The second kappa shape index (κ2) is 10.5. The van der Waals surface area contributed by atoms with Crippen LogP contribution in [-0.4, -0.2) is 26.4 Å². The third-order valence-electron chi connectivity index (χ3n) is 1.67. The molecule has 0 unspecified atom stereocenters. The lowest BCUT2D eigenvalue weighted by molar-refractivity contribution is 0.127. The minimum atomic E-state index is 0.651. The Morgan fingerprint density at radius 2 is 1.64 bits per heavy atom. The van der Waals surface area contributed by atoms with Crippen LogP contribution in [0.3, 0.4) is 0 Å². The molecule has 2 heteroatoms. The van der Waals surface area contributed by atoms with Gasteiger partial charge in [0.15, 0.2) is 0 Å². The zero-order valence-corrected chi connectivity index (χ0v) is 9.42. The van der Waals surface area contributed by atoms with Crippen molar-refractivity contribution >= 4 is 0 Å². The minimum absolute atomic E-state index is 0.651. The number of ether oxygens (including phenoxy) is 2. The van der Waals surface area contributed by atoms with Gasteiger partial charge >= 0.3 is 0 Å². The maximum absolute atomic E-state index is 5.40. The Morgan fingerprint density at radius 3 is 2.14 bits per heavy atom. The van der Waals surface area contributed by atoms with E-state index in [1.807, 2.05) is 0 Å². The first-order valence-electron chi connectivity index (χ1n) is 5.17. The Hall–Kier alpha value is -0.600. The molecule has 0 saturated heterocycles. The second-order valence-corrected chi connectivity index (χ2v) is 3.43. The lowest BCUT2D eigenvalue weighted by Gasteiger charge is -2.02. The van der Waals surface area contributed by atoms with E-state index in [2.05, 4.69) is 26.5 Å². The number of hydrogen-bond donors (Lipinski definition) is 0. The first kappa shape index (κ1) is 13.4. The first-order chi connectivity index (χ1) is 6.77. The van der Waals surface area contributed by atoms with Gasteiger partial charge in [0.1, 0.15) is 0 Å². The molecule has 2 nitrogen and oxygen atoms in total. The topological polar surface area (TPSA) is 18.5 Å². The van der Waals surface area contributed by atoms with Crippen LogP contribution in [0.5, 0.6) is 0 Å². The van der Waals surface area contributed by atoms with Gasteiger partial charge in [0.05, 0.1) is 13.2 Å². The first-order valence-corrected chi connectivity index (χ1v) is 5.17. The molecule has 0 amide bonds. The predicted molar refractivity (Wildman–Crippen MR) is 60.5 cm³/mol. The van der Waals surface area contributed by atoms with Crippen LogP contribution < -0.4 is 0 Å². The van der Waals surface area contributed by atoms with E-state index in [4.69, 9.17) is 9.47 Å². The Morgan fingerprint density at radius 1 is 1.07 bits per heavy atom. The molecule has 0 heterocycles. The Kier molecular flexibility index (Phi) is 10.0. The van der Waals surface area contributed by atoms with E-state index in [9.17, 15) is 0 Å². The van der Waals surface area contributed by atoms with Crippen molar-refractivity contribution in [2.75, 3.05) is 26.4 Å². The molecule has 0 aromatic carbocycles. The highest BCUT2D eigenvalue weighted by Gasteiger charge is 1.88. The molecule has 82 valence electrons. The van der Waals surface area contributed by atoms with Gasteiger partial charge in [-0.25, -0.2) is 0 Å². The largest absolute Gasteiger partial charge is 0.377 e. The summed E-state index contributed by atoms with van der Waals surface area (Å²) in [6.45, 7) is 10.7. The zero-order chi connectivity index (χ0) is 10.6. The molecule has 0 aromatic rings. The van der Waals surface area contributed by atoms with Crippen LogP contribution in [0.15, 0.2) is 24.3 Å². The fourth-order valence-electron chi connectivity index (χ4n) is 0.884. The van der Waals surface area contributed by atoms with Crippen LogP contribution in [-0.2, 0) is 9.47 Å². The van der Waals surface area contributed by atoms with Gasteiger partial charge < -0.3 is 9.47 Å². The normalized spacial score (nSPS) is 9.86. The summed E-state index contributed by atoms with van der Waals surface area (Å²) in [4.78, 5) is 0. The average Bonchev–Trinajstić information content (AvgIpc) is 2.15. The van der Waals surface area contributed by atoms with Crippen LogP contribution in [0.4, 0.5) is 0 Å². The van der Waals surface area contributed by atoms with Gasteiger partial charge in [-0.05, 0) is 26.7 Å². The molecule has 0 aliphatic heterocycles. The lowest BCUT2D eigenvalue weighted by atomic mass is 10.3. The molecule has 0 bridgehead atoms. The van der Waals surface area contributed by atoms with E-state index in [-0.39, 0.29) is 0 Å². The van der Waals surface area contributed by atoms with Crippen molar-refractivity contribution in [3.63, 3.8) is 0 Å². The van der Waals surface area contributed by atoms with Crippen molar-refractivity contribution in [1.82, 2.24) is 0 Å². The monoisotopic (exact) mass is 198 g/mol. The third kappa shape index (κ3) is 11.4. The zero-order valence-electron chi connectivity index (χ0n) is 9.42. The van der Waals surface area contributed by atoms with E-state index in [0.29, 0.717) is 6.61 Å². The van der Waals surface area contributed by atoms with Crippen LogP contribution in [0.25, 0.3) is 0 Å². The molecular weight excluding hydrogens is 176 g/mol. The minimum Gasteiger partial charge on any atom is -0.377 e. The fourth-order valence-corrected chi connectivity index (χ4v) is 0.884. The van der Waals surface area contributed by atoms with Crippen molar-refractivity contribution in [3.8, 4) is 0 Å². The van der Waals surface area contributed by atoms with E-state index in [0.717, 1.165) is 32.7 Å². The maximum atomic E-state index is 5.40. The van der Waals surface area contributed by atoms with Gasteiger partial charge in [0, 0.05) is 13.2 Å². The molecule has 14 heavy (non-hydrogen) atoms. The predicted octanol–water partition coefficient (Wildman–Crippen LogP) is 2.95. The Balaban J connectivity index is 2.99.